The van der Waals surface area contributed by atoms with Gasteiger partial charge in [-0.3, -0.25) is 4.79 Å². The Kier molecular flexibility index (Phi) is 3.36. The van der Waals surface area contributed by atoms with Crippen LogP contribution in [0, 0.1) is 12.8 Å². The van der Waals surface area contributed by atoms with Gasteiger partial charge >= 0.3 is 0 Å². The van der Waals surface area contributed by atoms with Crippen LogP contribution in [0.25, 0.3) is 0 Å². The first-order valence-corrected chi connectivity index (χ1v) is 6.14. The number of nitrogens with two attached hydrogens (primary N) is 2. The number of primary amides is 1. The molecule has 0 bridgehead atoms. The van der Waals surface area contributed by atoms with Gasteiger partial charge in [0.15, 0.2) is 0 Å². The Morgan fingerprint density at radius 3 is 2.78 bits per heavy atom. The van der Waals surface area contributed by atoms with Crippen molar-refractivity contribution in [2.45, 2.75) is 32.7 Å². The molecule has 1 aromatic rings. The van der Waals surface area contributed by atoms with Gasteiger partial charge in [0.1, 0.15) is 5.82 Å². The molecule has 2 unspecified atom stereocenters. The lowest BCUT2D eigenvalue weighted by Crippen LogP contribution is -2.46. The summed E-state index contributed by atoms with van der Waals surface area (Å²) in [5.41, 5.74) is 11.9. The Morgan fingerprint density at radius 1 is 1.44 bits per heavy atom. The van der Waals surface area contributed by atoms with E-state index in [1.54, 1.807) is 0 Å². The molecular formula is C12H19N5O. The molecule has 6 nitrogen and oxygen atoms in total. The Balaban J connectivity index is 2.26. The first-order chi connectivity index (χ1) is 8.47. The highest BCUT2D eigenvalue weighted by Gasteiger charge is 2.29. The van der Waals surface area contributed by atoms with Crippen molar-refractivity contribution in [3.8, 4) is 0 Å². The zero-order valence-corrected chi connectivity index (χ0v) is 10.8. The van der Waals surface area contributed by atoms with Crippen molar-refractivity contribution < 1.29 is 4.79 Å². The van der Waals surface area contributed by atoms with Gasteiger partial charge in [0.05, 0.1) is 5.92 Å². The monoisotopic (exact) mass is 249 g/mol. The van der Waals surface area contributed by atoms with Crippen LogP contribution in [0.1, 0.15) is 25.5 Å². The first kappa shape index (κ1) is 12.6. The fourth-order valence-electron chi connectivity index (χ4n) is 2.38. The quantitative estimate of drug-likeness (QED) is 0.793. The predicted octanol–water partition coefficient (Wildman–Crippen LogP) is 0.457. The lowest BCUT2D eigenvalue weighted by molar-refractivity contribution is -0.122. The number of aromatic nitrogens is 2. The second-order valence-corrected chi connectivity index (χ2v) is 4.90. The van der Waals surface area contributed by atoms with Crippen LogP contribution in [0.4, 0.5) is 11.8 Å². The van der Waals surface area contributed by atoms with E-state index in [2.05, 4.69) is 21.8 Å². The van der Waals surface area contributed by atoms with E-state index in [9.17, 15) is 4.79 Å². The van der Waals surface area contributed by atoms with Crippen molar-refractivity contribution in [2.75, 3.05) is 17.2 Å². The summed E-state index contributed by atoms with van der Waals surface area (Å²) in [5.74, 6) is 0.681. The summed E-state index contributed by atoms with van der Waals surface area (Å²) in [6, 6.07) is 2.21. The molecule has 2 heterocycles. The number of carbonyl (C=O) groups is 1. The molecule has 1 fully saturated rings. The minimum atomic E-state index is -0.245. The number of amides is 1. The van der Waals surface area contributed by atoms with Gasteiger partial charge < -0.3 is 16.4 Å². The van der Waals surface area contributed by atoms with Crippen LogP contribution in [-0.2, 0) is 4.79 Å². The van der Waals surface area contributed by atoms with Gasteiger partial charge in [-0.25, -0.2) is 4.98 Å². The second kappa shape index (κ2) is 4.80. The van der Waals surface area contributed by atoms with E-state index < -0.39 is 0 Å². The number of hydrogen-bond acceptors (Lipinski definition) is 5. The molecule has 1 aliphatic heterocycles. The first-order valence-electron chi connectivity index (χ1n) is 6.14. The molecule has 6 heteroatoms. The van der Waals surface area contributed by atoms with Crippen LogP contribution < -0.4 is 16.4 Å². The summed E-state index contributed by atoms with van der Waals surface area (Å²) < 4.78 is 0. The molecule has 0 spiro atoms. The molecule has 2 rings (SSSR count). The van der Waals surface area contributed by atoms with Crippen molar-refractivity contribution in [3.63, 3.8) is 0 Å². The minimum Gasteiger partial charge on any atom is -0.369 e. The van der Waals surface area contributed by atoms with E-state index in [1.807, 2.05) is 13.0 Å². The van der Waals surface area contributed by atoms with Crippen molar-refractivity contribution >= 4 is 17.7 Å². The topological polar surface area (TPSA) is 98.1 Å². The van der Waals surface area contributed by atoms with Gasteiger partial charge in [-0.15, -0.1) is 0 Å². The molecule has 0 aliphatic carbocycles. The van der Waals surface area contributed by atoms with Gasteiger partial charge in [0, 0.05) is 24.3 Å². The third-order valence-corrected chi connectivity index (χ3v) is 3.44. The number of nitrogens with zero attached hydrogens (tertiary/aromatic N) is 3. The average Bonchev–Trinajstić information content (AvgIpc) is 2.27. The molecule has 0 radical (unpaired) electrons. The zero-order chi connectivity index (χ0) is 13.3. The Hall–Kier alpha value is -1.85. The summed E-state index contributed by atoms with van der Waals surface area (Å²) in [4.78, 5) is 21.7. The third kappa shape index (κ3) is 2.52. The van der Waals surface area contributed by atoms with E-state index in [0.717, 1.165) is 24.4 Å². The zero-order valence-electron chi connectivity index (χ0n) is 10.8. The molecule has 18 heavy (non-hydrogen) atoms. The van der Waals surface area contributed by atoms with Gasteiger partial charge in [-0.1, -0.05) is 0 Å². The summed E-state index contributed by atoms with van der Waals surface area (Å²) in [6.45, 7) is 4.60. The van der Waals surface area contributed by atoms with E-state index in [0.29, 0.717) is 12.6 Å². The fourth-order valence-corrected chi connectivity index (χ4v) is 2.38. The average molecular weight is 249 g/mol. The Labute approximate surface area is 106 Å². The number of piperidine rings is 1. The van der Waals surface area contributed by atoms with E-state index in [4.69, 9.17) is 11.5 Å². The van der Waals surface area contributed by atoms with Crippen LogP contribution in [0.5, 0.6) is 0 Å². The maximum Gasteiger partial charge on any atom is 0.222 e. The van der Waals surface area contributed by atoms with Crippen LogP contribution in [0.3, 0.4) is 0 Å². The Bertz CT molecular complexity index is 442. The number of aryl methyl sites for hydroxylation is 1. The van der Waals surface area contributed by atoms with E-state index >= 15 is 0 Å². The van der Waals surface area contributed by atoms with Gasteiger partial charge in [-0.05, 0) is 26.7 Å². The van der Waals surface area contributed by atoms with Gasteiger partial charge in [-0.2, -0.15) is 4.98 Å². The number of carbonyl (C=O) groups excluding carboxylic acids is 1. The molecule has 1 amide bonds. The normalized spacial score (nSPS) is 24.0. The lowest BCUT2D eigenvalue weighted by Gasteiger charge is -2.37. The number of hydrogen-bond donors (Lipinski definition) is 2. The predicted molar refractivity (Wildman–Crippen MR) is 69.9 cm³/mol. The second-order valence-electron chi connectivity index (χ2n) is 4.90. The molecule has 1 aliphatic rings. The molecule has 98 valence electrons. The number of rotatable bonds is 2. The summed E-state index contributed by atoms with van der Waals surface area (Å²) in [7, 11) is 0. The summed E-state index contributed by atoms with van der Waals surface area (Å²) in [6.07, 6.45) is 1.77. The number of nitrogen functional groups attached to an aromatic ring is 1. The van der Waals surface area contributed by atoms with E-state index in [-0.39, 0.29) is 17.8 Å². The van der Waals surface area contributed by atoms with Crippen LogP contribution in [-0.4, -0.2) is 28.5 Å². The highest BCUT2D eigenvalue weighted by Crippen LogP contribution is 2.26. The molecule has 0 aromatic carbocycles. The number of anilines is 2. The molecule has 1 aromatic heterocycles. The largest absolute Gasteiger partial charge is 0.369 e. The van der Waals surface area contributed by atoms with Crippen molar-refractivity contribution in [3.05, 3.63) is 11.8 Å². The van der Waals surface area contributed by atoms with Gasteiger partial charge in [0.2, 0.25) is 11.9 Å². The highest BCUT2D eigenvalue weighted by molar-refractivity contribution is 5.77. The minimum absolute atomic E-state index is 0.113. The molecule has 2 atom stereocenters. The highest BCUT2D eigenvalue weighted by atomic mass is 16.1. The van der Waals surface area contributed by atoms with Crippen LogP contribution >= 0.6 is 0 Å². The van der Waals surface area contributed by atoms with Crippen LogP contribution in [0.15, 0.2) is 6.07 Å². The summed E-state index contributed by atoms with van der Waals surface area (Å²) >= 11 is 0. The molecule has 1 saturated heterocycles. The molecule has 4 N–H and O–H groups in total. The smallest absolute Gasteiger partial charge is 0.222 e. The SMILES string of the molecule is Cc1cc(N2CC(C(N)=O)CCC2C)nc(N)n1. The summed E-state index contributed by atoms with van der Waals surface area (Å²) in [5, 5.41) is 0. The molecular weight excluding hydrogens is 230 g/mol. The Morgan fingerprint density at radius 2 is 2.17 bits per heavy atom. The fraction of sp³-hybridized carbons (Fsp3) is 0.583. The van der Waals surface area contributed by atoms with Crippen molar-refractivity contribution in [1.82, 2.24) is 9.97 Å². The lowest BCUT2D eigenvalue weighted by atomic mass is 9.93. The third-order valence-electron chi connectivity index (χ3n) is 3.44. The van der Waals surface area contributed by atoms with Crippen molar-refractivity contribution in [2.24, 2.45) is 11.7 Å². The van der Waals surface area contributed by atoms with E-state index in [1.165, 1.54) is 0 Å². The standard InChI is InChI=1S/C12H19N5O/c1-7-5-10(16-12(14)15-7)17-6-9(11(13)18)4-3-8(17)2/h5,8-9H,3-4,6H2,1-2H3,(H2,13,18)(H2,14,15,16). The maximum atomic E-state index is 11.3. The maximum absolute atomic E-state index is 11.3. The van der Waals surface area contributed by atoms with Crippen LogP contribution in [0.2, 0.25) is 0 Å². The molecule has 0 saturated carbocycles. The van der Waals surface area contributed by atoms with Gasteiger partial charge in [0.25, 0.3) is 0 Å². The van der Waals surface area contributed by atoms with Crippen molar-refractivity contribution in [1.29, 1.82) is 0 Å².